The standard InChI is InChI=1S/C16H22N2O2/c1-3-17-13-6-4-10(2)8-12(13)16(19)18-14-9-11-5-7-15(14)20-11/h4,6,8,11,14-15,17H,3,5,7,9H2,1-2H3,(H,18,19). The molecule has 2 fully saturated rings. The van der Waals surface area contributed by atoms with Gasteiger partial charge >= 0.3 is 0 Å². The first-order valence-electron chi connectivity index (χ1n) is 7.48. The van der Waals surface area contributed by atoms with E-state index in [1.165, 1.54) is 0 Å². The van der Waals surface area contributed by atoms with Crippen LogP contribution in [0.4, 0.5) is 5.69 Å². The van der Waals surface area contributed by atoms with Gasteiger partial charge < -0.3 is 15.4 Å². The van der Waals surface area contributed by atoms with E-state index in [1.807, 2.05) is 32.0 Å². The van der Waals surface area contributed by atoms with Crippen LogP contribution >= 0.6 is 0 Å². The second kappa shape index (κ2) is 5.44. The van der Waals surface area contributed by atoms with Crippen LogP contribution < -0.4 is 10.6 Å². The SMILES string of the molecule is CCNc1ccc(C)cc1C(=O)NC1CC2CCC1O2. The Morgan fingerprint density at radius 3 is 2.90 bits per heavy atom. The largest absolute Gasteiger partial charge is 0.385 e. The fourth-order valence-corrected chi connectivity index (χ4v) is 3.23. The van der Waals surface area contributed by atoms with Crippen molar-refractivity contribution in [2.45, 2.75) is 51.4 Å². The molecule has 0 aromatic heterocycles. The number of ether oxygens (including phenoxy) is 1. The minimum absolute atomic E-state index is 0.00537. The second-order valence-corrected chi connectivity index (χ2v) is 5.77. The van der Waals surface area contributed by atoms with Crippen molar-refractivity contribution in [2.24, 2.45) is 0 Å². The highest BCUT2D eigenvalue weighted by atomic mass is 16.5. The maximum Gasteiger partial charge on any atom is 0.253 e. The number of nitrogens with one attached hydrogen (secondary N) is 2. The lowest BCUT2D eigenvalue weighted by molar-refractivity contribution is 0.0841. The minimum Gasteiger partial charge on any atom is -0.385 e. The van der Waals surface area contributed by atoms with Crippen LogP contribution in [0, 0.1) is 6.92 Å². The molecule has 0 aliphatic carbocycles. The van der Waals surface area contributed by atoms with Gasteiger partial charge in [0.1, 0.15) is 0 Å². The lowest BCUT2D eigenvalue weighted by atomic mass is 9.95. The highest BCUT2D eigenvalue weighted by Crippen LogP contribution is 2.34. The molecule has 2 aliphatic heterocycles. The number of carbonyl (C=O) groups excluding carboxylic acids is 1. The van der Waals surface area contributed by atoms with Crippen molar-refractivity contribution in [1.82, 2.24) is 5.32 Å². The molecule has 2 saturated heterocycles. The fraction of sp³-hybridized carbons (Fsp3) is 0.562. The predicted molar refractivity (Wildman–Crippen MR) is 79.1 cm³/mol. The third-order valence-corrected chi connectivity index (χ3v) is 4.21. The van der Waals surface area contributed by atoms with Crippen molar-refractivity contribution >= 4 is 11.6 Å². The van der Waals surface area contributed by atoms with Gasteiger partial charge in [-0.2, -0.15) is 0 Å². The number of fused-ring (bicyclic) bond motifs is 2. The quantitative estimate of drug-likeness (QED) is 0.887. The number of hydrogen-bond donors (Lipinski definition) is 2. The van der Waals surface area contributed by atoms with Crippen LogP contribution in [0.25, 0.3) is 0 Å². The zero-order valence-corrected chi connectivity index (χ0v) is 12.1. The van der Waals surface area contributed by atoms with Crippen LogP contribution in [-0.2, 0) is 4.74 Å². The highest BCUT2D eigenvalue weighted by molar-refractivity contribution is 6.00. The van der Waals surface area contributed by atoms with E-state index >= 15 is 0 Å². The molecule has 1 aromatic carbocycles. The van der Waals surface area contributed by atoms with Crippen molar-refractivity contribution in [3.8, 4) is 0 Å². The van der Waals surface area contributed by atoms with E-state index in [-0.39, 0.29) is 18.1 Å². The van der Waals surface area contributed by atoms with Crippen LogP contribution in [0.2, 0.25) is 0 Å². The van der Waals surface area contributed by atoms with E-state index in [0.29, 0.717) is 6.10 Å². The van der Waals surface area contributed by atoms with Crippen molar-refractivity contribution in [2.75, 3.05) is 11.9 Å². The Morgan fingerprint density at radius 2 is 2.25 bits per heavy atom. The Hall–Kier alpha value is -1.55. The molecule has 3 rings (SSSR count). The highest BCUT2D eigenvalue weighted by Gasteiger charge is 2.41. The Kier molecular flexibility index (Phi) is 3.66. The summed E-state index contributed by atoms with van der Waals surface area (Å²) in [5.74, 6) is 0.00537. The molecule has 1 amide bonds. The maximum absolute atomic E-state index is 12.5. The molecule has 2 aliphatic rings. The second-order valence-electron chi connectivity index (χ2n) is 5.77. The molecule has 3 unspecified atom stereocenters. The number of hydrogen-bond acceptors (Lipinski definition) is 3. The van der Waals surface area contributed by atoms with Gasteiger partial charge in [-0.15, -0.1) is 0 Å². The van der Waals surface area contributed by atoms with Crippen LogP contribution in [0.1, 0.15) is 42.1 Å². The average Bonchev–Trinajstić information content (AvgIpc) is 3.03. The van der Waals surface area contributed by atoms with E-state index in [1.54, 1.807) is 0 Å². The van der Waals surface area contributed by atoms with E-state index in [4.69, 9.17) is 4.74 Å². The van der Waals surface area contributed by atoms with E-state index in [2.05, 4.69) is 10.6 Å². The summed E-state index contributed by atoms with van der Waals surface area (Å²) in [6.45, 7) is 4.85. The van der Waals surface area contributed by atoms with Gasteiger partial charge in [0.05, 0.1) is 23.8 Å². The van der Waals surface area contributed by atoms with Crippen molar-refractivity contribution in [3.63, 3.8) is 0 Å². The summed E-state index contributed by atoms with van der Waals surface area (Å²) in [6, 6.07) is 6.12. The van der Waals surface area contributed by atoms with Crippen LogP contribution in [0.3, 0.4) is 0 Å². The average molecular weight is 274 g/mol. The Labute approximate surface area is 119 Å². The molecule has 1 aromatic rings. The summed E-state index contributed by atoms with van der Waals surface area (Å²) in [6.07, 6.45) is 3.75. The lowest BCUT2D eigenvalue weighted by Crippen LogP contribution is -2.41. The van der Waals surface area contributed by atoms with Gasteiger partial charge in [-0.1, -0.05) is 11.6 Å². The first-order chi connectivity index (χ1) is 9.67. The topological polar surface area (TPSA) is 50.4 Å². The molecule has 0 radical (unpaired) electrons. The van der Waals surface area contributed by atoms with Gasteiger partial charge in [-0.3, -0.25) is 4.79 Å². The Bertz CT molecular complexity index is 515. The Morgan fingerprint density at radius 1 is 1.40 bits per heavy atom. The molecule has 4 heteroatoms. The number of aryl methyl sites for hydroxylation is 1. The molecular formula is C16H22N2O2. The third-order valence-electron chi connectivity index (χ3n) is 4.21. The smallest absolute Gasteiger partial charge is 0.253 e. The van der Waals surface area contributed by atoms with Crippen molar-refractivity contribution < 1.29 is 9.53 Å². The summed E-state index contributed by atoms with van der Waals surface area (Å²) < 4.78 is 5.79. The number of anilines is 1. The van der Waals surface area contributed by atoms with Gasteiger partial charge in [-0.05, 0) is 45.2 Å². The third kappa shape index (κ3) is 2.52. The normalized spacial score (nSPS) is 27.6. The zero-order valence-electron chi connectivity index (χ0n) is 12.1. The van der Waals surface area contributed by atoms with E-state index in [9.17, 15) is 4.79 Å². The molecule has 2 bridgehead atoms. The predicted octanol–water partition coefficient (Wildman–Crippen LogP) is 2.48. The molecule has 20 heavy (non-hydrogen) atoms. The lowest BCUT2D eigenvalue weighted by Gasteiger charge is -2.21. The van der Waals surface area contributed by atoms with Crippen molar-refractivity contribution in [1.29, 1.82) is 0 Å². The molecule has 2 N–H and O–H groups in total. The summed E-state index contributed by atoms with van der Waals surface area (Å²) in [4.78, 5) is 12.5. The number of carbonyl (C=O) groups is 1. The van der Waals surface area contributed by atoms with E-state index < -0.39 is 0 Å². The van der Waals surface area contributed by atoms with Gasteiger partial charge in [0.25, 0.3) is 5.91 Å². The fourth-order valence-electron chi connectivity index (χ4n) is 3.23. The first kappa shape index (κ1) is 13.4. The summed E-state index contributed by atoms with van der Waals surface area (Å²) in [5.41, 5.74) is 2.73. The number of benzene rings is 1. The number of amides is 1. The molecule has 108 valence electrons. The van der Waals surface area contributed by atoms with E-state index in [0.717, 1.165) is 42.6 Å². The van der Waals surface area contributed by atoms with Crippen LogP contribution in [-0.4, -0.2) is 30.7 Å². The zero-order chi connectivity index (χ0) is 14.1. The first-order valence-corrected chi connectivity index (χ1v) is 7.48. The molecule has 2 heterocycles. The molecule has 0 spiro atoms. The van der Waals surface area contributed by atoms with Crippen LogP contribution in [0.15, 0.2) is 18.2 Å². The summed E-state index contributed by atoms with van der Waals surface area (Å²) in [7, 11) is 0. The molecular weight excluding hydrogens is 252 g/mol. The van der Waals surface area contributed by atoms with Crippen LogP contribution in [0.5, 0.6) is 0 Å². The van der Waals surface area contributed by atoms with Crippen molar-refractivity contribution in [3.05, 3.63) is 29.3 Å². The maximum atomic E-state index is 12.5. The minimum atomic E-state index is 0.00537. The molecule has 0 saturated carbocycles. The van der Waals surface area contributed by atoms with Gasteiger partial charge in [0.2, 0.25) is 0 Å². The monoisotopic (exact) mass is 274 g/mol. The summed E-state index contributed by atoms with van der Waals surface area (Å²) >= 11 is 0. The Balaban J connectivity index is 1.74. The van der Waals surface area contributed by atoms with Gasteiger partial charge in [0, 0.05) is 12.2 Å². The molecule has 4 nitrogen and oxygen atoms in total. The number of rotatable bonds is 4. The molecule has 3 atom stereocenters. The summed E-state index contributed by atoms with van der Waals surface area (Å²) in [5, 5.41) is 6.40. The van der Waals surface area contributed by atoms with Gasteiger partial charge in [-0.25, -0.2) is 0 Å². The van der Waals surface area contributed by atoms with Gasteiger partial charge in [0.15, 0.2) is 0 Å².